The van der Waals surface area contributed by atoms with E-state index in [2.05, 4.69) is 18.8 Å². The summed E-state index contributed by atoms with van der Waals surface area (Å²) < 4.78 is 0. The second-order valence-corrected chi connectivity index (χ2v) is 4.78. The van der Waals surface area contributed by atoms with Gasteiger partial charge >= 0.3 is 0 Å². The number of pyridine rings is 1. The van der Waals surface area contributed by atoms with Gasteiger partial charge in [-0.2, -0.15) is 0 Å². The maximum absolute atomic E-state index is 10.9. The first-order valence-electron chi connectivity index (χ1n) is 5.81. The first-order chi connectivity index (χ1) is 8.19. The van der Waals surface area contributed by atoms with Gasteiger partial charge in [0.25, 0.3) is 0 Å². The van der Waals surface area contributed by atoms with Crippen LogP contribution in [0.2, 0.25) is 0 Å². The third kappa shape index (κ3) is 4.36. The standard InChI is InChI=1S/C12H18N2O2S/c1-3-14(4-2)8-9-17-11-10(12(15)16)6-5-7-13-11/h5-7H,3-4,8-9H2,1-2H3,(H,15,16). The minimum atomic E-state index is -1.16. The Kier molecular flexibility index (Phi) is 6.00. The summed E-state index contributed by atoms with van der Waals surface area (Å²) in [6.07, 6.45) is 1.61. The fraction of sp³-hybridized carbons (Fsp3) is 0.500. The SMILES string of the molecule is CC[NH+](CC)CCSc1ncccc1C(=O)[O-]. The van der Waals surface area contributed by atoms with Crippen molar-refractivity contribution in [1.29, 1.82) is 0 Å². The highest BCUT2D eigenvalue weighted by Gasteiger charge is 2.07. The van der Waals surface area contributed by atoms with E-state index in [1.165, 1.54) is 22.7 Å². The Balaban J connectivity index is 2.54. The van der Waals surface area contributed by atoms with Gasteiger partial charge in [0.2, 0.25) is 0 Å². The van der Waals surface area contributed by atoms with Crippen molar-refractivity contribution in [1.82, 2.24) is 4.98 Å². The molecule has 0 unspecified atom stereocenters. The molecule has 1 N–H and O–H groups in total. The highest BCUT2D eigenvalue weighted by molar-refractivity contribution is 7.99. The van der Waals surface area contributed by atoms with Crippen LogP contribution in [0.3, 0.4) is 0 Å². The number of thioether (sulfide) groups is 1. The largest absolute Gasteiger partial charge is 0.545 e. The number of carboxylic acids is 1. The van der Waals surface area contributed by atoms with Crippen LogP contribution < -0.4 is 10.0 Å². The highest BCUT2D eigenvalue weighted by atomic mass is 32.2. The maximum atomic E-state index is 10.9. The molecular formula is C12H18N2O2S. The number of aromatic carboxylic acids is 1. The molecule has 1 aromatic rings. The van der Waals surface area contributed by atoms with Crippen LogP contribution in [0.5, 0.6) is 0 Å². The molecule has 0 aliphatic carbocycles. The minimum Gasteiger partial charge on any atom is -0.545 e. The van der Waals surface area contributed by atoms with Crippen LogP contribution in [0.4, 0.5) is 0 Å². The third-order valence-electron chi connectivity index (χ3n) is 2.69. The van der Waals surface area contributed by atoms with Gasteiger partial charge in [0.1, 0.15) is 5.03 Å². The Morgan fingerprint density at radius 2 is 2.18 bits per heavy atom. The number of carbonyl (C=O) groups is 1. The summed E-state index contributed by atoms with van der Waals surface area (Å²) in [4.78, 5) is 16.4. The van der Waals surface area contributed by atoms with E-state index in [1.54, 1.807) is 12.3 Å². The Morgan fingerprint density at radius 1 is 1.47 bits per heavy atom. The van der Waals surface area contributed by atoms with Gasteiger partial charge in [-0.15, -0.1) is 0 Å². The number of hydrogen-bond acceptors (Lipinski definition) is 4. The number of aromatic nitrogens is 1. The topological polar surface area (TPSA) is 57.5 Å². The minimum absolute atomic E-state index is 0.187. The summed E-state index contributed by atoms with van der Waals surface area (Å²) >= 11 is 1.48. The van der Waals surface area contributed by atoms with E-state index in [-0.39, 0.29) is 5.56 Å². The van der Waals surface area contributed by atoms with E-state index in [9.17, 15) is 9.90 Å². The lowest BCUT2D eigenvalue weighted by Gasteiger charge is -2.15. The molecule has 0 amide bonds. The summed E-state index contributed by atoms with van der Waals surface area (Å²) in [5.41, 5.74) is 0.187. The van der Waals surface area contributed by atoms with E-state index in [1.807, 2.05) is 0 Å². The van der Waals surface area contributed by atoms with Gasteiger partial charge in [-0.1, -0.05) is 11.8 Å². The van der Waals surface area contributed by atoms with E-state index >= 15 is 0 Å². The van der Waals surface area contributed by atoms with Gasteiger partial charge in [-0.25, -0.2) is 4.98 Å². The van der Waals surface area contributed by atoms with Gasteiger partial charge in [-0.3, -0.25) is 0 Å². The van der Waals surface area contributed by atoms with Crippen LogP contribution in [0.15, 0.2) is 23.4 Å². The molecule has 1 aromatic heterocycles. The number of hydrogen-bond donors (Lipinski definition) is 1. The predicted molar refractivity (Wildman–Crippen MR) is 66.2 cm³/mol. The van der Waals surface area contributed by atoms with Crippen molar-refractivity contribution in [2.45, 2.75) is 18.9 Å². The average Bonchev–Trinajstić information content (AvgIpc) is 2.35. The van der Waals surface area contributed by atoms with Crippen LogP contribution in [0, 0.1) is 0 Å². The lowest BCUT2D eigenvalue weighted by molar-refractivity contribution is -0.893. The van der Waals surface area contributed by atoms with E-state index in [4.69, 9.17) is 0 Å². The van der Waals surface area contributed by atoms with Crippen LogP contribution in [0.25, 0.3) is 0 Å². The van der Waals surface area contributed by atoms with Crippen LogP contribution in [0.1, 0.15) is 24.2 Å². The van der Waals surface area contributed by atoms with E-state index < -0.39 is 5.97 Å². The fourth-order valence-electron chi connectivity index (χ4n) is 1.56. The lowest BCUT2D eigenvalue weighted by atomic mass is 10.3. The predicted octanol–water partition coefficient (Wildman–Crippen LogP) is -0.538. The molecule has 17 heavy (non-hydrogen) atoms. The monoisotopic (exact) mass is 254 g/mol. The van der Waals surface area contributed by atoms with Crippen LogP contribution in [-0.4, -0.2) is 36.3 Å². The van der Waals surface area contributed by atoms with Crippen molar-refractivity contribution in [2.24, 2.45) is 0 Å². The van der Waals surface area contributed by atoms with Gasteiger partial charge < -0.3 is 14.8 Å². The van der Waals surface area contributed by atoms with Crippen molar-refractivity contribution < 1.29 is 14.8 Å². The van der Waals surface area contributed by atoms with Gasteiger partial charge in [-0.05, 0) is 26.0 Å². The lowest BCUT2D eigenvalue weighted by Crippen LogP contribution is -3.11. The number of quaternary nitrogens is 1. The first kappa shape index (κ1) is 14.0. The molecule has 4 nitrogen and oxygen atoms in total. The molecule has 0 atom stereocenters. The molecule has 94 valence electrons. The second-order valence-electron chi connectivity index (χ2n) is 3.70. The molecule has 0 bridgehead atoms. The molecule has 0 aliphatic rings. The van der Waals surface area contributed by atoms with E-state index in [0.717, 1.165) is 25.4 Å². The smallest absolute Gasteiger partial charge is 0.105 e. The number of nitrogens with zero attached hydrogens (tertiary/aromatic N) is 1. The Labute approximate surface area is 106 Å². The summed E-state index contributed by atoms with van der Waals surface area (Å²) in [6.45, 7) is 7.49. The summed E-state index contributed by atoms with van der Waals surface area (Å²) in [6, 6.07) is 3.15. The molecule has 0 spiro atoms. The fourth-order valence-corrected chi connectivity index (χ4v) is 2.58. The Bertz CT molecular complexity index is 367. The number of nitrogens with one attached hydrogen (secondary N) is 1. The zero-order valence-electron chi connectivity index (χ0n) is 10.2. The number of rotatable bonds is 7. The van der Waals surface area contributed by atoms with Crippen molar-refractivity contribution >= 4 is 17.7 Å². The Morgan fingerprint density at radius 3 is 2.76 bits per heavy atom. The van der Waals surface area contributed by atoms with E-state index in [0.29, 0.717) is 5.03 Å². The molecule has 0 aliphatic heterocycles. The molecule has 1 rings (SSSR count). The van der Waals surface area contributed by atoms with Crippen LogP contribution in [-0.2, 0) is 0 Å². The van der Waals surface area contributed by atoms with Crippen LogP contribution >= 0.6 is 11.8 Å². The summed E-state index contributed by atoms with van der Waals surface area (Å²) in [5, 5.41) is 11.4. The average molecular weight is 254 g/mol. The maximum Gasteiger partial charge on any atom is 0.105 e. The highest BCUT2D eigenvalue weighted by Crippen LogP contribution is 2.18. The molecule has 5 heteroatoms. The normalized spacial score (nSPS) is 10.8. The zero-order chi connectivity index (χ0) is 12.7. The zero-order valence-corrected chi connectivity index (χ0v) is 11.0. The van der Waals surface area contributed by atoms with Crippen molar-refractivity contribution in [3.63, 3.8) is 0 Å². The summed E-state index contributed by atoms with van der Waals surface area (Å²) in [7, 11) is 0. The number of carbonyl (C=O) groups excluding carboxylic acids is 1. The van der Waals surface area contributed by atoms with Crippen molar-refractivity contribution in [3.05, 3.63) is 23.9 Å². The molecule has 0 saturated heterocycles. The van der Waals surface area contributed by atoms with Crippen molar-refractivity contribution in [3.8, 4) is 0 Å². The van der Waals surface area contributed by atoms with Gasteiger partial charge in [0, 0.05) is 17.5 Å². The molecule has 0 radical (unpaired) electrons. The van der Waals surface area contributed by atoms with Crippen molar-refractivity contribution in [2.75, 3.05) is 25.4 Å². The quantitative estimate of drug-likeness (QED) is 0.664. The van der Waals surface area contributed by atoms with Gasteiger partial charge in [0.15, 0.2) is 0 Å². The first-order valence-corrected chi connectivity index (χ1v) is 6.80. The molecule has 0 aromatic carbocycles. The molecule has 0 saturated carbocycles. The molecular weight excluding hydrogens is 236 g/mol. The summed E-state index contributed by atoms with van der Waals surface area (Å²) in [5.74, 6) is -0.287. The third-order valence-corrected chi connectivity index (χ3v) is 3.69. The second kappa shape index (κ2) is 7.29. The van der Waals surface area contributed by atoms with Gasteiger partial charge in [0.05, 0.1) is 25.6 Å². The Hall–Kier alpha value is -1.07. The molecule has 1 heterocycles. The molecule has 0 fully saturated rings. The number of carboxylic acid groups (broad SMARTS) is 1.